The molecular formula is C24H21ClN2O2. The van der Waals surface area contributed by atoms with Gasteiger partial charge < -0.3 is 15.0 Å². The number of benzene rings is 3. The van der Waals surface area contributed by atoms with E-state index in [0.717, 1.165) is 22.0 Å². The Balaban J connectivity index is 1.66. The Morgan fingerprint density at radius 1 is 1.03 bits per heavy atom. The summed E-state index contributed by atoms with van der Waals surface area (Å²) in [5.74, 6) is 0.409. The average Bonchev–Trinajstić information content (AvgIpc) is 3.19. The number of halogens is 1. The van der Waals surface area contributed by atoms with Gasteiger partial charge in [-0.1, -0.05) is 54.1 Å². The van der Waals surface area contributed by atoms with Crippen molar-refractivity contribution >= 4 is 28.4 Å². The predicted octanol–water partition coefficient (Wildman–Crippen LogP) is 5.39. The van der Waals surface area contributed by atoms with Crippen LogP contribution in [0.25, 0.3) is 10.9 Å². The standard InChI is InChI=1S/C24H21ClN2O2/c1-29-17-8-6-7-16(13-17)24(28)27-15-20(18-9-2-4-11-22(18)25)21-14-26-23-12-5-3-10-19(21)23/h2-14,20,26H,15H2,1H3,(H,27,28). The zero-order valence-corrected chi connectivity index (χ0v) is 16.7. The Morgan fingerprint density at radius 2 is 1.83 bits per heavy atom. The lowest BCUT2D eigenvalue weighted by atomic mass is 9.90. The molecule has 5 heteroatoms. The molecule has 4 aromatic rings. The molecule has 29 heavy (non-hydrogen) atoms. The van der Waals surface area contributed by atoms with Gasteiger partial charge in [0.1, 0.15) is 5.75 Å². The lowest BCUT2D eigenvalue weighted by molar-refractivity contribution is 0.0952. The van der Waals surface area contributed by atoms with Crippen molar-refractivity contribution in [2.45, 2.75) is 5.92 Å². The first-order chi connectivity index (χ1) is 14.2. The minimum atomic E-state index is -0.152. The van der Waals surface area contributed by atoms with Crippen molar-refractivity contribution in [2.24, 2.45) is 0 Å². The molecule has 146 valence electrons. The SMILES string of the molecule is COc1cccc(C(=O)NCC(c2ccccc2Cl)c2c[nH]c3ccccc23)c1. The van der Waals surface area contributed by atoms with E-state index in [0.29, 0.717) is 22.9 Å². The monoisotopic (exact) mass is 404 g/mol. The lowest BCUT2D eigenvalue weighted by Crippen LogP contribution is -2.29. The van der Waals surface area contributed by atoms with Crippen molar-refractivity contribution < 1.29 is 9.53 Å². The maximum atomic E-state index is 12.8. The molecule has 0 aliphatic carbocycles. The van der Waals surface area contributed by atoms with E-state index in [1.54, 1.807) is 25.3 Å². The van der Waals surface area contributed by atoms with Gasteiger partial charge >= 0.3 is 0 Å². The minimum absolute atomic E-state index is 0.0885. The topological polar surface area (TPSA) is 54.1 Å². The van der Waals surface area contributed by atoms with E-state index < -0.39 is 0 Å². The van der Waals surface area contributed by atoms with Crippen LogP contribution >= 0.6 is 11.6 Å². The van der Waals surface area contributed by atoms with E-state index in [-0.39, 0.29) is 11.8 Å². The van der Waals surface area contributed by atoms with E-state index in [9.17, 15) is 4.79 Å². The van der Waals surface area contributed by atoms with Crippen LogP contribution in [0.5, 0.6) is 5.75 Å². The number of aromatic nitrogens is 1. The summed E-state index contributed by atoms with van der Waals surface area (Å²) in [6.07, 6.45) is 2.00. The number of aromatic amines is 1. The molecule has 4 rings (SSSR count). The third-order valence-electron chi connectivity index (χ3n) is 5.08. The van der Waals surface area contributed by atoms with Crippen molar-refractivity contribution in [3.05, 3.63) is 101 Å². The summed E-state index contributed by atoms with van der Waals surface area (Å²) in [5, 5.41) is 4.86. The van der Waals surface area contributed by atoms with Gasteiger partial charge in [0.2, 0.25) is 0 Å². The summed E-state index contributed by atoms with van der Waals surface area (Å²) >= 11 is 6.52. The van der Waals surface area contributed by atoms with Gasteiger partial charge in [-0.15, -0.1) is 0 Å². The fourth-order valence-corrected chi connectivity index (χ4v) is 3.86. The Kier molecular flexibility index (Phi) is 5.54. The van der Waals surface area contributed by atoms with Gasteiger partial charge in [-0.05, 0) is 41.5 Å². The summed E-state index contributed by atoms with van der Waals surface area (Å²) in [5.41, 5.74) is 3.68. The van der Waals surface area contributed by atoms with E-state index in [1.165, 1.54) is 0 Å². The summed E-state index contributed by atoms with van der Waals surface area (Å²) in [7, 11) is 1.58. The second-order valence-electron chi connectivity index (χ2n) is 6.81. The molecule has 0 saturated heterocycles. The number of fused-ring (bicyclic) bond motifs is 1. The Hall–Kier alpha value is -3.24. The van der Waals surface area contributed by atoms with Gasteiger partial charge in [0.15, 0.2) is 0 Å². The minimum Gasteiger partial charge on any atom is -0.497 e. The van der Waals surface area contributed by atoms with Gasteiger partial charge in [0.25, 0.3) is 5.91 Å². The van der Waals surface area contributed by atoms with Crippen molar-refractivity contribution in [1.29, 1.82) is 0 Å². The molecular weight excluding hydrogens is 384 g/mol. The molecule has 1 heterocycles. The highest BCUT2D eigenvalue weighted by atomic mass is 35.5. The summed E-state index contributed by atoms with van der Waals surface area (Å²) < 4.78 is 5.22. The number of methoxy groups -OCH3 is 1. The molecule has 1 unspecified atom stereocenters. The number of H-pyrrole nitrogens is 1. The zero-order chi connectivity index (χ0) is 20.2. The molecule has 4 nitrogen and oxygen atoms in total. The Labute approximate surface area is 174 Å². The van der Waals surface area contributed by atoms with Crippen molar-refractivity contribution in [3.63, 3.8) is 0 Å². The maximum Gasteiger partial charge on any atom is 0.251 e. The second kappa shape index (κ2) is 8.41. The number of carbonyl (C=O) groups excluding carboxylic acids is 1. The zero-order valence-electron chi connectivity index (χ0n) is 16.0. The molecule has 0 radical (unpaired) electrons. The third kappa shape index (κ3) is 3.98. The summed E-state index contributed by atoms with van der Waals surface area (Å²) in [6, 6.07) is 23.0. The molecule has 0 saturated carbocycles. The van der Waals surface area contributed by atoms with Crippen LogP contribution in [0, 0.1) is 0 Å². The Bertz CT molecular complexity index is 1150. The van der Waals surface area contributed by atoms with Crippen LogP contribution in [0.2, 0.25) is 5.02 Å². The molecule has 0 fully saturated rings. The summed E-state index contributed by atoms with van der Waals surface area (Å²) in [4.78, 5) is 16.1. The molecule has 0 aliphatic heterocycles. The number of carbonyl (C=O) groups is 1. The van der Waals surface area contributed by atoms with Crippen molar-refractivity contribution in [3.8, 4) is 5.75 Å². The number of hydrogen-bond donors (Lipinski definition) is 2. The lowest BCUT2D eigenvalue weighted by Gasteiger charge is -2.19. The number of rotatable bonds is 6. The molecule has 0 bridgehead atoms. The molecule has 1 atom stereocenters. The number of para-hydroxylation sites is 1. The van der Waals surface area contributed by atoms with Gasteiger partial charge in [-0.25, -0.2) is 0 Å². The molecule has 1 amide bonds. The second-order valence-corrected chi connectivity index (χ2v) is 7.21. The van der Waals surface area contributed by atoms with E-state index in [1.807, 2.05) is 54.7 Å². The smallest absolute Gasteiger partial charge is 0.251 e. The van der Waals surface area contributed by atoms with Crippen molar-refractivity contribution in [1.82, 2.24) is 10.3 Å². The van der Waals surface area contributed by atoms with E-state index in [2.05, 4.69) is 16.4 Å². The van der Waals surface area contributed by atoms with Crippen molar-refractivity contribution in [2.75, 3.05) is 13.7 Å². The van der Waals surface area contributed by atoms with E-state index in [4.69, 9.17) is 16.3 Å². The molecule has 3 aromatic carbocycles. The highest BCUT2D eigenvalue weighted by molar-refractivity contribution is 6.31. The predicted molar refractivity (Wildman–Crippen MR) is 117 cm³/mol. The van der Waals surface area contributed by atoms with Gasteiger partial charge in [0, 0.05) is 40.1 Å². The normalized spacial score (nSPS) is 11.9. The fourth-order valence-electron chi connectivity index (χ4n) is 3.59. The molecule has 0 aliphatic rings. The summed E-state index contributed by atoms with van der Waals surface area (Å²) in [6.45, 7) is 0.418. The third-order valence-corrected chi connectivity index (χ3v) is 5.42. The first-order valence-corrected chi connectivity index (χ1v) is 9.78. The first-order valence-electron chi connectivity index (χ1n) is 9.40. The quantitative estimate of drug-likeness (QED) is 0.452. The highest BCUT2D eigenvalue weighted by Gasteiger charge is 2.21. The van der Waals surface area contributed by atoms with Crippen LogP contribution in [0.15, 0.2) is 79.0 Å². The first kappa shape index (κ1) is 19.1. The highest BCUT2D eigenvalue weighted by Crippen LogP contribution is 2.34. The van der Waals surface area contributed by atoms with Crippen LogP contribution in [0.4, 0.5) is 0 Å². The van der Waals surface area contributed by atoms with Crippen LogP contribution in [0.1, 0.15) is 27.4 Å². The number of hydrogen-bond acceptors (Lipinski definition) is 2. The van der Waals surface area contributed by atoms with E-state index >= 15 is 0 Å². The van der Waals surface area contributed by atoms with Crippen LogP contribution < -0.4 is 10.1 Å². The maximum absolute atomic E-state index is 12.8. The number of ether oxygens (including phenoxy) is 1. The van der Waals surface area contributed by atoms with Crippen LogP contribution in [-0.2, 0) is 0 Å². The van der Waals surface area contributed by atoms with Gasteiger partial charge in [-0.2, -0.15) is 0 Å². The van der Waals surface area contributed by atoms with Gasteiger partial charge in [0.05, 0.1) is 7.11 Å². The number of nitrogens with one attached hydrogen (secondary N) is 2. The molecule has 0 spiro atoms. The molecule has 1 aromatic heterocycles. The number of amides is 1. The van der Waals surface area contributed by atoms with Gasteiger partial charge in [-0.3, -0.25) is 4.79 Å². The molecule has 2 N–H and O–H groups in total. The van der Waals surface area contributed by atoms with Crippen LogP contribution in [0.3, 0.4) is 0 Å². The Morgan fingerprint density at radius 3 is 2.66 bits per heavy atom. The fraction of sp³-hybridized carbons (Fsp3) is 0.125. The largest absolute Gasteiger partial charge is 0.497 e. The van der Waals surface area contributed by atoms with Crippen LogP contribution in [-0.4, -0.2) is 24.5 Å². The average molecular weight is 405 g/mol.